The van der Waals surface area contributed by atoms with Crippen molar-refractivity contribution in [3.63, 3.8) is 0 Å². The lowest BCUT2D eigenvalue weighted by atomic mass is 10.4. The van der Waals surface area contributed by atoms with E-state index >= 15 is 0 Å². The molecule has 0 saturated carbocycles. The van der Waals surface area contributed by atoms with E-state index in [2.05, 4.69) is 0 Å². The molecule has 5 heteroatoms. The maximum absolute atomic E-state index is 11.2. The molecule has 0 heterocycles. The summed E-state index contributed by atoms with van der Waals surface area (Å²) < 4.78 is 0. The van der Waals surface area contributed by atoms with E-state index in [1.807, 2.05) is 6.26 Å². The Morgan fingerprint density at radius 1 is 1.67 bits per heavy atom. The second-order valence-corrected chi connectivity index (χ2v) is 3.86. The number of nitrogens with two attached hydrogens (primary N) is 1. The third-order valence-corrected chi connectivity index (χ3v) is 2.13. The molecule has 0 aliphatic heterocycles. The number of carbonyl (C=O) groups is 1. The Kier molecular flexibility index (Phi) is 6.10. The second kappa shape index (κ2) is 6.25. The van der Waals surface area contributed by atoms with Crippen LogP contribution in [0.1, 0.15) is 6.42 Å². The van der Waals surface area contributed by atoms with Gasteiger partial charge in [0.15, 0.2) is 0 Å². The van der Waals surface area contributed by atoms with Crippen LogP contribution in [-0.4, -0.2) is 41.4 Å². The molecule has 2 N–H and O–H groups in total. The molecule has 0 spiro atoms. The summed E-state index contributed by atoms with van der Waals surface area (Å²) in [6, 6.07) is 0. The molecular weight excluding hydrogens is 192 g/mol. The zero-order valence-corrected chi connectivity index (χ0v) is 9.00. The monoisotopic (exact) mass is 206 g/mol. The Morgan fingerprint density at radius 2 is 2.25 bits per heavy atom. The molecule has 0 fully saturated rings. The van der Waals surface area contributed by atoms with E-state index in [4.69, 9.17) is 18.0 Å². The van der Waals surface area contributed by atoms with Gasteiger partial charge in [-0.2, -0.15) is 11.8 Å². The fourth-order valence-corrected chi connectivity index (χ4v) is 1.19. The van der Waals surface area contributed by atoms with Gasteiger partial charge in [-0.25, -0.2) is 0 Å². The Labute approximate surface area is 82.7 Å². The highest BCUT2D eigenvalue weighted by Crippen LogP contribution is 1.96. The summed E-state index contributed by atoms with van der Waals surface area (Å²) >= 11 is 6.22. The molecule has 0 saturated heterocycles. The minimum atomic E-state index is 0.124. The van der Waals surface area contributed by atoms with Crippen molar-refractivity contribution >= 4 is 34.9 Å². The summed E-state index contributed by atoms with van der Waals surface area (Å²) in [6.07, 6.45) is 2.51. The fourth-order valence-electron chi connectivity index (χ4n) is 0.636. The van der Waals surface area contributed by atoms with E-state index in [1.165, 1.54) is 11.8 Å². The lowest BCUT2D eigenvalue weighted by Crippen LogP contribution is -2.31. The van der Waals surface area contributed by atoms with Gasteiger partial charge >= 0.3 is 0 Å². The first kappa shape index (κ1) is 11.7. The molecule has 0 bridgehead atoms. The van der Waals surface area contributed by atoms with Gasteiger partial charge in [-0.1, -0.05) is 12.2 Å². The molecule has 0 rings (SSSR count). The number of thiocarbonyl (C=S) groups is 1. The number of rotatable bonds is 5. The Bertz CT molecular complexity index is 173. The van der Waals surface area contributed by atoms with Crippen LogP contribution in [0.3, 0.4) is 0 Å². The summed E-state index contributed by atoms with van der Waals surface area (Å²) in [7, 11) is 1.76. The molecule has 0 aromatic heterocycles. The average Bonchev–Trinajstić information content (AvgIpc) is 2.00. The van der Waals surface area contributed by atoms with Crippen LogP contribution in [0.15, 0.2) is 0 Å². The minimum absolute atomic E-state index is 0.124. The zero-order valence-electron chi connectivity index (χ0n) is 7.37. The van der Waals surface area contributed by atoms with Gasteiger partial charge in [-0.3, -0.25) is 4.79 Å². The minimum Gasteiger partial charge on any atom is -0.393 e. The predicted octanol–water partition coefficient (Wildman–Crippen LogP) is 0.484. The summed E-state index contributed by atoms with van der Waals surface area (Å²) in [5.41, 5.74) is 5.30. The third kappa shape index (κ3) is 5.37. The average molecular weight is 206 g/mol. The molecular formula is C7H14N2OS2. The Hall–Kier alpha value is -0.290. The van der Waals surface area contributed by atoms with Gasteiger partial charge in [-0.05, 0) is 6.26 Å². The van der Waals surface area contributed by atoms with E-state index in [0.29, 0.717) is 23.7 Å². The van der Waals surface area contributed by atoms with E-state index in [1.54, 1.807) is 11.9 Å². The molecule has 0 aromatic carbocycles. The SMILES string of the molecule is CSCC(=O)N(C)CCC(N)=S. The maximum Gasteiger partial charge on any atom is 0.232 e. The van der Waals surface area contributed by atoms with Crippen LogP contribution in [0.2, 0.25) is 0 Å². The smallest absolute Gasteiger partial charge is 0.232 e. The standard InChI is InChI=1S/C7H14N2OS2/c1-9(4-3-6(8)11)7(10)5-12-2/h3-5H2,1-2H3,(H2,8,11). The fraction of sp³-hybridized carbons (Fsp3) is 0.714. The van der Waals surface area contributed by atoms with Crippen molar-refractivity contribution in [2.75, 3.05) is 25.6 Å². The third-order valence-electron chi connectivity index (χ3n) is 1.39. The molecule has 0 aliphatic rings. The van der Waals surface area contributed by atoms with Crippen LogP contribution in [0.5, 0.6) is 0 Å². The topological polar surface area (TPSA) is 46.3 Å². The normalized spacial score (nSPS) is 9.50. The number of thioether (sulfide) groups is 1. The predicted molar refractivity (Wildman–Crippen MR) is 57.4 cm³/mol. The van der Waals surface area contributed by atoms with Crippen LogP contribution >= 0.6 is 24.0 Å². The van der Waals surface area contributed by atoms with E-state index in [0.717, 1.165) is 0 Å². The maximum atomic E-state index is 11.2. The quantitative estimate of drug-likeness (QED) is 0.665. The molecule has 12 heavy (non-hydrogen) atoms. The van der Waals surface area contributed by atoms with E-state index in [-0.39, 0.29) is 5.91 Å². The first-order valence-corrected chi connectivity index (χ1v) is 5.39. The van der Waals surface area contributed by atoms with Gasteiger partial charge in [0.25, 0.3) is 0 Å². The van der Waals surface area contributed by atoms with Crippen molar-refractivity contribution in [1.29, 1.82) is 0 Å². The van der Waals surface area contributed by atoms with E-state index < -0.39 is 0 Å². The van der Waals surface area contributed by atoms with Crippen LogP contribution in [0.4, 0.5) is 0 Å². The molecule has 1 amide bonds. The van der Waals surface area contributed by atoms with Crippen LogP contribution in [0.25, 0.3) is 0 Å². The van der Waals surface area contributed by atoms with Gasteiger partial charge in [0.05, 0.1) is 10.7 Å². The lowest BCUT2D eigenvalue weighted by Gasteiger charge is -2.15. The number of nitrogens with zero attached hydrogens (tertiary/aromatic N) is 1. The molecule has 3 nitrogen and oxygen atoms in total. The molecule has 0 radical (unpaired) electrons. The Balaban J connectivity index is 3.63. The highest BCUT2D eigenvalue weighted by atomic mass is 32.2. The van der Waals surface area contributed by atoms with Crippen LogP contribution < -0.4 is 5.73 Å². The summed E-state index contributed by atoms with van der Waals surface area (Å²) in [5.74, 6) is 0.646. The summed E-state index contributed by atoms with van der Waals surface area (Å²) in [5, 5.41) is 0. The largest absolute Gasteiger partial charge is 0.393 e. The summed E-state index contributed by atoms with van der Waals surface area (Å²) in [6.45, 7) is 0.620. The first-order chi connectivity index (χ1) is 5.57. The van der Waals surface area contributed by atoms with Gasteiger partial charge in [0.2, 0.25) is 5.91 Å². The number of hydrogen-bond acceptors (Lipinski definition) is 3. The van der Waals surface area contributed by atoms with Crippen LogP contribution in [0, 0.1) is 0 Å². The van der Waals surface area contributed by atoms with Crippen molar-refractivity contribution in [3.8, 4) is 0 Å². The van der Waals surface area contributed by atoms with Gasteiger partial charge in [0.1, 0.15) is 0 Å². The highest BCUT2D eigenvalue weighted by Gasteiger charge is 2.06. The molecule has 0 unspecified atom stereocenters. The Morgan fingerprint density at radius 3 is 2.67 bits per heavy atom. The lowest BCUT2D eigenvalue weighted by molar-refractivity contribution is -0.126. The summed E-state index contributed by atoms with van der Waals surface area (Å²) in [4.78, 5) is 13.3. The van der Waals surface area contributed by atoms with Crippen LogP contribution in [-0.2, 0) is 4.79 Å². The zero-order chi connectivity index (χ0) is 9.56. The second-order valence-electron chi connectivity index (χ2n) is 2.46. The molecule has 70 valence electrons. The first-order valence-electron chi connectivity index (χ1n) is 3.59. The van der Waals surface area contributed by atoms with Crippen molar-refractivity contribution < 1.29 is 4.79 Å². The van der Waals surface area contributed by atoms with Gasteiger partial charge < -0.3 is 10.6 Å². The molecule has 0 aromatic rings. The van der Waals surface area contributed by atoms with Crippen molar-refractivity contribution in [1.82, 2.24) is 4.90 Å². The number of hydrogen-bond donors (Lipinski definition) is 1. The van der Waals surface area contributed by atoms with Crippen molar-refractivity contribution in [2.45, 2.75) is 6.42 Å². The van der Waals surface area contributed by atoms with Gasteiger partial charge in [0, 0.05) is 20.0 Å². The highest BCUT2D eigenvalue weighted by molar-refractivity contribution is 7.99. The van der Waals surface area contributed by atoms with Crippen molar-refractivity contribution in [3.05, 3.63) is 0 Å². The van der Waals surface area contributed by atoms with E-state index in [9.17, 15) is 4.79 Å². The molecule has 0 aliphatic carbocycles. The van der Waals surface area contributed by atoms with Gasteiger partial charge in [-0.15, -0.1) is 0 Å². The molecule has 0 atom stereocenters. The number of amides is 1. The number of carbonyl (C=O) groups excluding carboxylic acids is 1. The van der Waals surface area contributed by atoms with Crippen molar-refractivity contribution in [2.24, 2.45) is 5.73 Å².